The van der Waals surface area contributed by atoms with Gasteiger partial charge in [0.15, 0.2) is 0 Å². The Hall–Kier alpha value is -2.95. The molecule has 1 aliphatic rings. The highest BCUT2D eigenvalue weighted by atomic mass is 16.5. The number of imide groups is 1. The maximum atomic E-state index is 13.1. The number of anilines is 1. The number of carbonyl (C=O) groups is 2. The molecular weight excluding hydrogens is 328 g/mol. The first kappa shape index (κ1) is 17.9. The summed E-state index contributed by atoms with van der Waals surface area (Å²) in [6.45, 7) is 4.05. The second kappa shape index (κ2) is 7.52. The van der Waals surface area contributed by atoms with Crippen LogP contribution >= 0.6 is 0 Å². The molecule has 0 fully saturated rings. The number of hydrogen-bond acceptors (Lipinski definition) is 4. The Morgan fingerprint density at radius 3 is 2.50 bits per heavy atom. The van der Waals surface area contributed by atoms with Gasteiger partial charge in [-0.2, -0.15) is 0 Å². The third-order valence-electron chi connectivity index (χ3n) is 4.63. The van der Waals surface area contributed by atoms with Crippen LogP contribution in [0.2, 0.25) is 0 Å². The van der Waals surface area contributed by atoms with Crippen molar-refractivity contribution in [3.8, 4) is 5.75 Å². The molecule has 0 radical (unpaired) electrons. The molecule has 1 heterocycles. The van der Waals surface area contributed by atoms with Crippen molar-refractivity contribution < 1.29 is 14.3 Å². The Morgan fingerprint density at radius 2 is 1.85 bits per heavy atom. The van der Waals surface area contributed by atoms with Crippen molar-refractivity contribution in [2.24, 2.45) is 4.99 Å². The molecule has 0 bridgehead atoms. The summed E-state index contributed by atoms with van der Waals surface area (Å²) in [6.07, 6.45) is 2.57. The Kier molecular flexibility index (Phi) is 5.16. The Morgan fingerprint density at radius 1 is 1.15 bits per heavy atom. The second-order valence-corrected chi connectivity index (χ2v) is 6.30. The van der Waals surface area contributed by atoms with E-state index in [0.29, 0.717) is 22.6 Å². The average Bonchev–Trinajstić information content (AvgIpc) is 2.68. The first-order valence-corrected chi connectivity index (χ1v) is 8.71. The number of hydrogen-bond donors (Lipinski definition) is 0. The SMILES string of the molecule is CC[C@@H](C)N=CC1C(=O)N(c2ccc(OC)cc2)C(=O)c2ccccc21. The molecule has 2 aromatic rings. The van der Waals surface area contributed by atoms with Gasteiger partial charge in [-0.1, -0.05) is 25.1 Å². The van der Waals surface area contributed by atoms with E-state index in [1.54, 1.807) is 43.7 Å². The quantitative estimate of drug-likeness (QED) is 0.608. The normalized spacial score (nSPS) is 18.1. The van der Waals surface area contributed by atoms with Gasteiger partial charge in [-0.15, -0.1) is 0 Å². The van der Waals surface area contributed by atoms with E-state index in [-0.39, 0.29) is 17.9 Å². The number of rotatable bonds is 5. The van der Waals surface area contributed by atoms with E-state index in [0.717, 1.165) is 6.42 Å². The van der Waals surface area contributed by atoms with Crippen molar-refractivity contribution >= 4 is 23.7 Å². The number of ether oxygens (including phenoxy) is 1. The van der Waals surface area contributed by atoms with Gasteiger partial charge in [-0.05, 0) is 49.2 Å². The van der Waals surface area contributed by atoms with E-state index in [9.17, 15) is 9.59 Å². The topological polar surface area (TPSA) is 59.0 Å². The minimum Gasteiger partial charge on any atom is -0.497 e. The first-order valence-electron chi connectivity index (χ1n) is 8.71. The number of aliphatic imine (C=N–C) groups is 1. The van der Waals surface area contributed by atoms with Gasteiger partial charge in [-0.25, -0.2) is 4.90 Å². The van der Waals surface area contributed by atoms with Gasteiger partial charge in [-0.3, -0.25) is 14.6 Å². The molecule has 2 aromatic carbocycles. The van der Waals surface area contributed by atoms with E-state index in [2.05, 4.69) is 4.99 Å². The largest absolute Gasteiger partial charge is 0.497 e. The molecule has 0 spiro atoms. The summed E-state index contributed by atoms with van der Waals surface area (Å²) >= 11 is 0. The van der Waals surface area contributed by atoms with E-state index in [1.807, 2.05) is 32.0 Å². The summed E-state index contributed by atoms with van der Waals surface area (Å²) in [5, 5.41) is 0. The molecule has 0 aromatic heterocycles. The van der Waals surface area contributed by atoms with E-state index in [1.165, 1.54) is 4.90 Å². The molecule has 0 aliphatic carbocycles. The molecule has 26 heavy (non-hydrogen) atoms. The van der Waals surface area contributed by atoms with Gasteiger partial charge >= 0.3 is 0 Å². The van der Waals surface area contributed by atoms with Crippen LogP contribution in [0.15, 0.2) is 53.5 Å². The van der Waals surface area contributed by atoms with Gasteiger partial charge in [0, 0.05) is 17.8 Å². The molecule has 0 N–H and O–H groups in total. The summed E-state index contributed by atoms with van der Waals surface area (Å²) < 4.78 is 5.16. The summed E-state index contributed by atoms with van der Waals surface area (Å²) in [5.41, 5.74) is 1.76. The van der Waals surface area contributed by atoms with Crippen LogP contribution in [0.25, 0.3) is 0 Å². The second-order valence-electron chi connectivity index (χ2n) is 6.30. The molecule has 1 aliphatic heterocycles. The lowest BCUT2D eigenvalue weighted by atomic mass is 9.88. The monoisotopic (exact) mass is 350 g/mol. The van der Waals surface area contributed by atoms with Crippen LogP contribution in [0.4, 0.5) is 5.69 Å². The molecule has 0 saturated carbocycles. The van der Waals surface area contributed by atoms with Gasteiger partial charge in [0.2, 0.25) is 5.91 Å². The number of carbonyl (C=O) groups excluding carboxylic acids is 2. The highest BCUT2D eigenvalue weighted by Crippen LogP contribution is 2.32. The predicted molar refractivity (Wildman–Crippen MR) is 102 cm³/mol. The molecule has 134 valence electrons. The molecular formula is C21H22N2O3. The number of methoxy groups -OCH3 is 1. The van der Waals surface area contributed by atoms with E-state index < -0.39 is 5.92 Å². The molecule has 5 heteroatoms. The summed E-state index contributed by atoms with van der Waals surface area (Å²) in [4.78, 5) is 31.8. The Bertz CT molecular complexity index is 843. The number of nitrogens with zero attached hydrogens (tertiary/aromatic N) is 2. The zero-order valence-electron chi connectivity index (χ0n) is 15.2. The van der Waals surface area contributed by atoms with Crippen molar-refractivity contribution in [1.82, 2.24) is 0 Å². The van der Waals surface area contributed by atoms with Crippen molar-refractivity contribution in [2.75, 3.05) is 12.0 Å². The highest BCUT2D eigenvalue weighted by Gasteiger charge is 2.38. The maximum absolute atomic E-state index is 13.1. The minimum atomic E-state index is -0.569. The molecule has 2 amide bonds. The standard InChI is InChI=1S/C21H22N2O3/c1-4-14(2)22-13-19-17-7-5-6-8-18(17)20(24)23(21(19)25)15-9-11-16(26-3)12-10-15/h5-14,19H,4H2,1-3H3/t14-,19?/m1/s1. The Labute approximate surface area is 153 Å². The van der Waals surface area contributed by atoms with Crippen molar-refractivity contribution in [1.29, 1.82) is 0 Å². The van der Waals surface area contributed by atoms with Crippen molar-refractivity contribution in [3.63, 3.8) is 0 Å². The summed E-state index contributed by atoms with van der Waals surface area (Å²) in [6, 6.07) is 14.2. The van der Waals surface area contributed by atoms with E-state index in [4.69, 9.17) is 4.74 Å². The predicted octanol–water partition coefficient (Wildman–Crippen LogP) is 3.84. The molecule has 1 unspecified atom stereocenters. The van der Waals surface area contributed by atoms with Crippen LogP contribution in [0.5, 0.6) is 5.75 Å². The molecule has 3 rings (SSSR count). The number of fused-ring (bicyclic) bond motifs is 1. The van der Waals surface area contributed by atoms with Gasteiger partial charge in [0.1, 0.15) is 5.75 Å². The Balaban J connectivity index is 2.05. The van der Waals surface area contributed by atoms with Crippen molar-refractivity contribution in [3.05, 3.63) is 59.7 Å². The molecule has 2 atom stereocenters. The summed E-state index contributed by atoms with van der Waals surface area (Å²) in [5.74, 6) is -0.504. The molecule has 5 nitrogen and oxygen atoms in total. The van der Waals surface area contributed by atoms with Gasteiger partial charge < -0.3 is 4.74 Å². The summed E-state index contributed by atoms with van der Waals surface area (Å²) in [7, 11) is 1.57. The lowest BCUT2D eigenvalue weighted by molar-refractivity contribution is -0.118. The van der Waals surface area contributed by atoms with Crippen LogP contribution < -0.4 is 9.64 Å². The third-order valence-corrected chi connectivity index (χ3v) is 4.63. The lowest BCUT2D eigenvalue weighted by Crippen LogP contribution is -2.45. The van der Waals surface area contributed by atoms with Gasteiger partial charge in [0.05, 0.1) is 18.7 Å². The fourth-order valence-electron chi connectivity index (χ4n) is 2.91. The zero-order valence-corrected chi connectivity index (χ0v) is 15.2. The fourth-order valence-corrected chi connectivity index (χ4v) is 2.91. The highest BCUT2D eigenvalue weighted by molar-refractivity contribution is 6.29. The van der Waals surface area contributed by atoms with Crippen LogP contribution in [0.3, 0.4) is 0 Å². The number of amides is 2. The number of benzene rings is 2. The van der Waals surface area contributed by atoms with E-state index >= 15 is 0 Å². The van der Waals surface area contributed by atoms with Crippen LogP contribution in [-0.4, -0.2) is 31.2 Å². The maximum Gasteiger partial charge on any atom is 0.265 e. The van der Waals surface area contributed by atoms with Crippen LogP contribution in [0.1, 0.15) is 42.1 Å². The van der Waals surface area contributed by atoms with Crippen LogP contribution in [0, 0.1) is 0 Å². The first-order chi connectivity index (χ1) is 12.6. The fraction of sp³-hybridized carbons (Fsp3) is 0.286. The minimum absolute atomic E-state index is 0.127. The molecule has 0 saturated heterocycles. The van der Waals surface area contributed by atoms with Crippen molar-refractivity contribution in [2.45, 2.75) is 32.2 Å². The zero-order chi connectivity index (χ0) is 18.7. The smallest absolute Gasteiger partial charge is 0.265 e. The lowest BCUT2D eigenvalue weighted by Gasteiger charge is -2.31. The average molecular weight is 350 g/mol. The van der Waals surface area contributed by atoms with Crippen LogP contribution in [-0.2, 0) is 4.79 Å². The third kappa shape index (κ3) is 3.25. The van der Waals surface area contributed by atoms with Gasteiger partial charge in [0.25, 0.3) is 5.91 Å².